The maximum absolute atomic E-state index is 10.4. The summed E-state index contributed by atoms with van der Waals surface area (Å²) in [6, 6.07) is 7.74. The predicted octanol–water partition coefficient (Wildman–Crippen LogP) is 0.698. The molecule has 2 N–H and O–H groups in total. The van der Waals surface area contributed by atoms with Crippen LogP contribution in [0.1, 0.15) is 5.56 Å². The van der Waals surface area contributed by atoms with E-state index in [1.165, 1.54) is 6.08 Å². The van der Waals surface area contributed by atoms with Crippen molar-refractivity contribution >= 4 is 6.08 Å². The van der Waals surface area contributed by atoms with Crippen LogP contribution in [0.25, 0.3) is 6.08 Å². The van der Waals surface area contributed by atoms with Gasteiger partial charge in [0.25, 0.3) is 6.04 Å². The minimum Gasteiger partial charge on any atom is -0.389 e. The Morgan fingerprint density at radius 3 is 2.50 bits per heavy atom. The summed E-state index contributed by atoms with van der Waals surface area (Å²) in [5.41, 5.74) is 0.835. The van der Waals surface area contributed by atoms with Crippen LogP contribution in [0.4, 0.5) is 0 Å². The number of hydrogen-bond acceptors (Lipinski definition) is 4. The SMILES string of the molecule is O=[N+]([O-])C(CO)C(O)/C=C/c1ccccc1. The lowest BCUT2D eigenvalue weighted by Crippen LogP contribution is -2.35. The molecule has 0 saturated heterocycles. The summed E-state index contributed by atoms with van der Waals surface area (Å²) >= 11 is 0. The molecule has 2 atom stereocenters. The van der Waals surface area contributed by atoms with Crippen molar-refractivity contribution in [3.8, 4) is 0 Å². The molecule has 0 heterocycles. The van der Waals surface area contributed by atoms with Crippen LogP contribution in [-0.4, -0.2) is 33.9 Å². The minimum atomic E-state index is -1.38. The fourth-order valence-corrected chi connectivity index (χ4v) is 1.20. The van der Waals surface area contributed by atoms with Gasteiger partial charge in [-0.05, 0) is 11.6 Å². The molecule has 0 amide bonds. The molecule has 0 aromatic heterocycles. The van der Waals surface area contributed by atoms with E-state index in [1.807, 2.05) is 30.3 Å². The molecular formula is C11H13NO4. The number of benzene rings is 1. The Morgan fingerprint density at radius 2 is 2.00 bits per heavy atom. The smallest absolute Gasteiger partial charge is 0.264 e. The molecule has 0 spiro atoms. The first-order valence-corrected chi connectivity index (χ1v) is 4.81. The van der Waals surface area contributed by atoms with Gasteiger partial charge in [0, 0.05) is 4.92 Å². The molecule has 86 valence electrons. The average molecular weight is 223 g/mol. The molecule has 0 radical (unpaired) electrons. The largest absolute Gasteiger partial charge is 0.389 e. The summed E-state index contributed by atoms with van der Waals surface area (Å²) in [6.07, 6.45) is 1.59. The lowest BCUT2D eigenvalue weighted by molar-refractivity contribution is -0.534. The highest BCUT2D eigenvalue weighted by atomic mass is 16.6. The van der Waals surface area contributed by atoms with Gasteiger partial charge in [-0.1, -0.05) is 36.4 Å². The molecule has 1 aromatic rings. The highest BCUT2D eigenvalue weighted by Gasteiger charge is 2.26. The van der Waals surface area contributed by atoms with Gasteiger partial charge in [0.2, 0.25) is 0 Å². The Labute approximate surface area is 92.8 Å². The molecular weight excluding hydrogens is 210 g/mol. The first-order valence-electron chi connectivity index (χ1n) is 4.81. The molecule has 1 rings (SSSR count). The van der Waals surface area contributed by atoms with Gasteiger partial charge in [-0.15, -0.1) is 0 Å². The first kappa shape index (κ1) is 12.4. The highest BCUT2D eigenvalue weighted by Crippen LogP contribution is 2.05. The molecule has 0 aliphatic rings. The van der Waals surface area contributed by atoms with Crippen LogP contribution in [0.2, 0.25) is 0 Å². The van der Waals surface area contributed by atoms with Crippen molar-refractivity contribution < 1.29 is 15.1 Å². The van der Waals surface area contributed by atoms with E-state index in [2.05, 4.69) is 0 Å². The number of hydrogen-bond donors (Lipinski definition) is 2. The van der Waals surface area contributed by atoms with Gasteiger partial charge in [-0.2, -0.15) is 0 Å². The van der Waals surface area contributed by atoms with Crippen molar-refractivity contribution in [2.75, 3.05) is 6.61 Å². The van der Waals surface area contributed by atoms with Crippen molar-refractivity contribution in [3.05, 3.63) is 52.1 Å². The standard InChI is InChI=1S/C11H13NO4/c13-8-10(12(15)16)11(14)7-6-9-4-2-1-3-5-9/h1-7,10-11,13-14H,8H2/b7-6+. The molecule has 0 fully saturated rings. The van der Waals surface area contributed by atoms with Gasteiger partial charge >= 0.3 is 0 Å². The van der Waals surface area contributed by atoms with Gasteiger partial charge in [0.1, 0.15) is 12.7 Å². The van der Waals surface area contributed by atoms with Gasteiger partial charge < -0.3 is 10.2 Å². The third-order valence-corrected chi connectivity index (χ3v) is 2.14. The molecule has 0 aliphatic carbocycles. The van der Waals surface area contributed by atoms with Crippen molar-refractivity contribution in [2.45, 2.75) is 12.1 Å². The average Bonchev–Trinajstić information content (AvgIpc) is 2.28. The van der Waals surface area contributed by atoms with E-state index in [1.54, 1.807) is 6.08 Å². The van der Waals surface area contributed by atoms with E-state index in [0.717, 1.165) is 5.56 Å². The number of nitro groups is 1. The Kier molecular flexibility index (Phi) is 4.63. The van der Waals surface area contributed by atoms with E-state index < -0.39 is 23.7 Å². The van der Waals surface area contributed by atoms with E-state index in [0.29, 0.717) is 0 Å². The number of aliphatic hydroxyl groups is 2. The third kappa shape index (κ3) is 3.45. The van der Waals surface area contributed by atoms with Gasteiger partial charge in [-0.25, -0.2) is 0 Å². The topological polar surface area (TPSA) is 83.6 Å². The summed E-state index contributed by atoms with van der Waals surface area (Å²) in [4.78, 5) is 9.74. The molecule has 1 aromatic carbocycles. The van der Waals surface area contributed by atoms with Crippen LogP contribution in [0.5, 0.6) is 0 Å². The molecule has 2 unspecified atom stereocenters. The zero-order chi connectivity index (χ0) is 12.0. The summed E-state index contributed by atoms with van der Waals surface area (Å²) in [5, 5.41) is 28.6. The predicted molar refractivity (Wildman–Crippen MR) is 59.4 cm³/mol. The van der Waals surface area contributed by atoms with E-state index in [4.69, 9.17) is 5.11 Å². The lowest BCUT2D eigenvalue weighted by Gasteiger charge is -2.09. The van der Waals surface area contributed by atoms with Crippen LogP contribution in [-0.2, 0) is 0 Å². The Balaban J connectivity index is 2.66. The molecule has 5 heteroatoms. The van der Waals surface area contributed by atoms with Crippen LogP contribution >= 0.6 is 0 Å². The first-order chi connectivity index (χ1) is 7.65. The highest BCUT2D eigenvalue weighted by molar-refractivity contribution is 5.49. The molecule has 16 heavy (non-hydrogen) atoms. The second-order valence-electron chi connectivity index (χ2n) is 3.30. The summed E-state index contributed by atoms with van der Waals surface area (Å²) in [5.74, 6) is 0. The molecule has 5 nitrogen and oxygen atoms in total. The quantitative estimate of drug-likeness (QED) is 0.568. The second-order valence-corrected chi connectivity index (χ2v) is 3.30. The van der Waals surface area contributed by atoms with E-state index in [-0.39, 0.29) is 0 Å². The van der Waals surface area contributed by atoms with Crippen LogP contribution in [0.3, 0.4) is 0 Å². The summed E-state index contributed by atoms with van der Waals surface area (Å²) in [7, 11) is 0. The zero-order valence-electron chi connectivity index (χ0n) is 8.56. The van der Waals surface area contributed by atoms with Gasteiger partial charge in [0.15, 0.2) is 0 Å². The number of aliphatic hydroxyl groups excluding tert-OH is 2. The van der Waals surface area contributed by atoms with Gasteiger partial charge in [0.05, 0.1) is 0 Å². The molecule has 0 bridgehead atoms. The Hall–Kier alpha value is -1.72. The summed E-state index contributed by atoms with van der Waals surface area (Å²) in [6.45, 7) is -0.687. The number of rotatable bonds is 5. The Morgan fingerprint density at radius 1 is 1.38 bits per heavy atom. The minimum absolute atomic E-state index is 0.687. The van der Waals surface area contributed by atoms with Crippen LogP contribution in [0.15, 0.2) is 36.4 Å². The van der Waals surface area contributed by atoms with Gasteiger partial charge in [-0.3, -0.25) is 10.1 Å². The third-order valence-electron chi connectivity index (χ3n) is 2.14. The summed E-state index contributed by atoms with van der Waals surface area (Å²) < 4.78 is 0. The van der Waals surface area contributed by atoms with Crippen molar-refractivity contribution in [1.29, 1.82) is 0 Å². The fraction of sp³-hybridized carbons (Fsp3) is 0.273. The van der Waals surface area contributed by atoms with E-state index >= 15 is 0 Å². The van der Waals surface area contributed by atoms with Crippen molar-refractivity contribution in [3.63, 3.8) is 0 Å². The maximum atomic E-state index is 10.4. The van der Waals surface area contributed by atoms with Crippen LogP contribution in [0, 0.1) is 10.1 Å². The Bertz CT molecular complexity index is 364. The van der Waals surface area contributed by atoms with Crippen molar-refractivity contribution in [2.24, 2.45) is 0 Å². The molecule has 0 saturated carbocycles. The second kappa shape index (κ2) is 5.99. The number of nitrogens with zero attached hydrogens (tertiary/aromatic N) is 1. The maximum Gasteiger partial charge on any atom is 0.264 e. The molecule has 0 aliphatic heterocycles. The monoisotopic (exact) mass is 223 g/mol. The normalized spacial score (nSPS) is 14.9. The fourth-order valence-electron chi connectivity index (χ4n) is 1.20. The van der Waals surface area contributed by atoms with E-state index in [9.17, 15) is 15.2 Å². The van der Waals surface area contributed by atoms with Crippen molar-refractivity contribution in [1.82, 2.24) is 0 Å². The van der Waals surface area contributed by atoms with Crippen LogP contribution < -0.4 is 0 Å². The lowest BCUT2D eigenvalue weighted by atomic mass is 10.1. The zero-order valence-corrected chi connectivity index (χ0v) is 8.56.